The second-order valence-electron chi connectivity index (χ2n) is 10.7. The zero-order valence-corrected chi connectivity index (χ0v) is 20.0. The van der Waals surface area contributed by atoms with E-state index in [0.717, 1.165) is 24.5 Å². The predicted octanol–water partition coefficient (Wildman–Crippen LogP) is 4.53. The van der Waals surface area contributed by atoms with Gasteiger partial charge in [0, 0.05) is 56.0 Å². The molecule has 2 aromatic rings. The maximum absolute atomic E-state index is 14.8. The van der Waals surface area contributed by atoms with Crippen LogP contribution in [0.5, 0.6) is 0 Å². The molecule has 34 heavy (non-hydrogen) atoms. The van der Waals surface area contributed by atoms with Crippen molar-refractivity contribution in [1.82, 2.24) is 9.80 Å². The zero-order valence-electron chi connectivity index (χ0n) is 20.0. The Morgan fingerprint density at radius 3 is 2.24 bits per heavy atom. The number of carbonyl (C=O) groups is 1. The van der Waals surface area contributed by atoms with Gasteiger partial charge in [-0.25, -0.2) is 8.78 Å². The summed E-state index contributed by atoms with van der Waals surface area (Å²) in [6, 6.07) is 13.9. The lowest BCUT2D eigenvalue weighted by Crippen LogP contribution is -2.57. The molecule has 2 aliphatic heterocycles. The summed E-state index contributed by atoms with van der Waals surface area (Å²) in [7, 11) is 0. The van der Waals surface area contributed by atoms with E-state index in [4.69, 9.17) is 0 Å². The summed E-state index contributed by atoms with van der Waals surface area (Å²) in [4.78, 5) is 18.1. The summed E-state index contributed by atoms with van der Waals surface area (Å²) in [5, 5.41) is 11.7. The monoisotopic (exact) mass is 468 g/mol. The van der Waals surface area contributed by atoms with Gasteiger partial charge in [0.2, 0.25) is 5.91 Å². The van der Waals surface area contributed by atoms with Crippen LogP contribution in [0.1, 0.15) is 50.2 Å². The van der Waals surface area contributed by atoms with Crippen LogP contribution >= 0.6 is 0 Å². The number of aliphatic hydroxyl groups is 1. The molecule has 4 nitrogen and oxygen atoms in total. The standard InChI is InChI=1S/C28H34F2N2O2/c1-18-14-32(15-19(2)28(18,34)20-7-4-3-5-8-20)27(33)25-17-31(22-9-6-10-22)16-24(25)23-12-11-21(29)13-26(23)30/h3-5,7-8,11-13,18-19,22,24-25,34H,6,9-10,14-17H2,1-2H3/t18-,19+,24-,25+,28?/m0/s1. The highest BCUT2D eigenvalue weighted by Gasteiger charge is 2.50. The highest BCUT2D eigenvalue weighted by Crippen LogP contribution is 2.44. The van der Waals surface area contributed by atoms with Crippen molar-refractivity contribution in [3.63, 3.8) is 0 Å². The molecule has 0 aromatic heterocycles. The first-order valence-corrected chi connectivity index (χ1v) is 12.5. The van der Waals surface area contributed by atoms with E-state index in [-0.39, 0.29) is 29.6 Å². The Morgan fingerprint density at radius 2 is 1.65 bits per heavy atom. The molecule has 5 atom stereocenters. The summed E-state index contributed by atoms with van der Waals surface area (Å²) < 4.78 is 28.4. The van der Waals surface area contributed by atoms with E-state index >= 15 is 0 Å². The summed E-state index contributed by atoms with van der Waals surface area (Å²) in [6.07, 6.45) is 3.41. The van der Waals surface area contributed by atoms with E-state index in [1.165, 1.54) is 18.6 Å². The topological polar surface area (TPSA) is 43.8 Å². The number of halogens is 2. The Kier molecular flexibility index (Phi) is 6.23. The van der Waals surface area contributed by atoms with Crippen molar-refractivity contribution < 1.29 is 18.7 Å². The van der Waals surface area contributed by atoms with E-state index in [2.05, 4.69) is 4.90 Å². The average Bonchev–Trinajstić information content (AvgIpc) is 3.20. The Morgan fingerprint density at radius 1 is 0.971 bits per heavy atom. The highest BCUT2D eigenvalue weighted by molar-refractivity contribution is 5.81. The highest BCUT2D eigenvalue weighted by atomic mass is 19.1. The third-order valence-electron chi connectivity index (χ3n) is 8.66. The van der Waals surface area contributed by atoms with Crippen LogP contribution in [0.4, 0.5) is 8.78 Å². The maximum Gasteiger partial charge on any atom is 0.227 e. The van der Waals surface area contributed by atoms with Gasteiger partial charge in [-0.15, -0.1) is 0 Å². The van der Waals surface area contributed by atoms with Crippen molar-refractivity contribution in [1.29, 1.82) is 0 Å². The Labute approximate surface area is 200 Å². The number of piperidine rings is 1. The number of likely N-dealkylation sites (tertiary alicyclic amines) is 2. The summed E-state index contributed by atoms with van der Waals surface area (Å²) >= 11 is 0. The lowest BCUT2D eigenvalue weighted by molar-refractivity contribution is -0.152. The minimum absolute atomic E-state index is 0.0179. The van der Waals surface area contributed by atoms with E-state index in [1.54, 1.807) is 0 Å². The summed E-state index contributed by atoms with van der Waals surface area (Å²) in [6.45, 7) is 6.12. The fourth-order valence-corrected chi connectivity index (χ4v) is 6.44. The molecular formula is C28H34F2N2O2. The number of hydrogen-bond donors (Lipinski definition) is 1. The summed E-state index contributed by atoms with van der Waals surface area (Å²) in [5.74, 6) is -2.11. The number of amides is 1. The largest absolute Gasteiger partial charge is 0.384 e. The molecule has 1 saturated carbocycles. The van der Waals surface area contributed by atoms with Crippen molar-refractivity contribution in [2.24, 2.45) is 17.8 Å². The Bertz CT molecular complexity index is 1030. The molecule has 3 aliphatic rings. The van der Waals surface area contributed by atoms with E-state index in [0.29, 0.717) is 37.8 Å². The molecule has 1 N–H and O–H groups in total. The molecule has 0 radical (unpaired) electrons. The zero-order chi connectivity index (χ0) is 24.0. The van der Waals surface area contributed by atoms with Gasteiger partial charge in [-0.05, 0) is 30.0 Å². The molecule has 1 amide bonds. The van der Waals surface area contributed by atoms with Gasteiger partial charge in [-0.1, -0.05) is 56.7 Å². The first-order chi connectivity index (χ1) is 16.3. The van der Waals surface area contributed by atoms with Gasteiger partial charge in [0.25, 0.3) is 0 Å². The van der Waals surface area contributed by atoms with Crippen molar-refractivity contribution >= 4 is 5.91 Å². The van der Waals surface area contributed by atoms with Gasteiger partial charge >= 0.3 is 0 Å². The Balaban J connectivity index is 1.39. The quantitative estimate of drug-likeness (QED) is 0.717. The van der Waals surface area contributed by atoms with Crippen LogP contribution in [0, 0.1) is 29.4 Å². The molecule has 5 rings (SSSR count). The minimum Gasteiger partial charge on any atom is -0.384 e. The Hall–Kier alpha value is -2.31. The lowest BCUT2D eigenvalue weighted by Gasteiger charge is -2.48. The number of carbonyl (C=O) groups excluding carboxylic acids is 1. The van der Waals surface area contributed by atoms with Gasteiger partial charge in [0.1, 0.15) is 11.6 Å². The van der Waals surface area contributed by atoms with Crippen molar-refractivity contribution in [2.45, 2.75) is 50.7 Å². The van der Waals surface area contributed by atoms with Gasteiger partial charge < -0.3 is 10.0 Å². The molecule has 2 aromatic carbocycles. The molecule has 3 fully saturated rings. The smallest absolute Gasteiger partial charge is 0.227 e. The molecule has 1 aliphatic carbocycles. The molecule has 2 heterocycles. The van der Waals surface area contributed by atoms with Crippen LogP contribution in [0.15, 0.2) is 48.5 Å². The maximum atomic E-state index is 14.8. The molecule has 0 spiro atoms. The van der Waals surface area contributed by atoms with Crippen LogP contribution in [0.2, 0.25) is 0 Å². The van der Waals surface area contributed by atoms with Crippen LogP contribution in [0.3, 0.4) is 0 Å². The average molecular weight is 469 g/mol. The van der Waals surface area contributed by atoms with Gasteiger partial charge in [-0.2, -0.15) is 0 Å². The van der Waals surface area contributed by atoms with Crippen molar-refractivity contribution in [3.8, 4) is 0 Å². The molecule has 1 unspecified atom stereocenters. The van der Waals surface area contributed by atoms with Crippen molar-refractivity contribution in [3.05, 3.63) is 71.3 Å². The minimum atomic E-state index is -1.01. The number of hydrogen-bond acceptors (Lipinski definition) is 3. The number of rotatable bonds is 4. The van der Waals surface area contributed by atoms with Crippen LogP contribution < -0.4 is 0 Å². The van der Waals surface area contributed by atoms with E-state index in [9.17, 15) is 18.7 Å². The molecule has 0 bridgehead atoms. The van der Waals surface area contributed by atoms with E-state index in [1.807, 2.05) is 49.1 Å². The molecule has 2 saturated heterocycles. The molecular weight excluding hydrogens is 434 g/mol. The first-order valence-electron chi connectivity index (χ1n) is 12.5. The fraction of sp³-hybridized carbons (Fsp3) is 0.536. The second kappa shape index (κ2) is 9.04. The fourth-order valence-electron chi connectivity index (χ4n) is 6.44. The van der Waals surface area contributed by atoms with Gasteiger partial charge in [-0.3, -0.25) is 9.69 Å². The molecule has 182 valence electrons. The van der Waals surface area contributed by atoms with Crippen molar-refractivity contribution in [2.75, 3.05) is 26.2 Å². The number of nitrogens with zero attached hydrogens (tertiary/aromatic N) is 2. The molecule has 6 heteroatoms. The summed E-state index contributed by atoms with van der Waals surface area (Å²) in [5.41, 5.74) is 0.305. The van der Waals surface area contributed by atoms with Crippen LogP contribution in [-0.4, -0.2) is 53.0 Å². The SMILES string of the molecule is C[C@@H]1CN(C(=O)[C@@H]2CN(C3CCC3)C[C@H]2c2ccc(F)cc2F)C[C@H](C)C1(O)c1ccccc1. The third kappa shape index (κ3) is 3.95. The normalized spacial score (nSPS) is 32.6. The second-order valence-corrected chi connectivity index (χ2v) is 10.7. The van der Waals surface area contributed by atoms with Crippen LogP contribution in [-0.2, 0) is 10.4 Å². The van der Waals surface area contributed by atoms with E-state index < -0.39 is 17.2 Å². The third-order valence-corrected chi connectivity index (χ3v) is 8.66. The lowest BCUT2D eigenvalue weighted by atomic mass is 9.70. The number of benzene rings is 2. The first kappa shape index (κ1) is 23.4. The van der Waals surface area contributed by atoms with Gasteiger partial charge in [0.15, 0.2) is 0 Å². The predicted molar refractivity (Wildman–Crippen MR) is 127 cm³/mol. The van der Waals surface area contributed by atoms with Crippen LogP contribution in [0.25, 0.3) is 0 Å². The van der Waals surface area contributed by atoms with Gasteiger partial charge in [0.05, 0.1) is 11.5 Å².